The highest BCUT2D eigenvalue weighted by Crippen LogP contribution is 2.32. The molecule has 3 nitrogen and oxygen atoms in total. The molecular formula is C14H12ClNO2. The number of halogens is 1. The van der Waals surface area contributed by atoms with Crippen molar-refractivity contribution in [3.63, 3.8) is 0 Å². The summed E-state index contributed by atoms with van der Waals surface area (Å²) in [5.41, 5.74) is 1.93. The zero-order chi connectivity index (χ0) is 12.6. The van der Waals surface area contributed by atoms with Crippen molar-refractivity contribution in [3.8, 4) is 11.1 Å². The largest absolute Gasteiger partial charge is 0.380 e. The third-order valence-corrected chi connectivity index (χ3v) is 3.51. The van der Waals surface area contributed by atoms with Crippen LogP contribution in [0, 0.1) is 0 Å². The lowest BCUT2D eigenvalue weighted by atomic mass is 9.91. The maximum absolute atomic E-state index is 10.1. The molecule has 1 aliphatic rings. The summed E-state index contributed by atoms with van der Waals surface area (Å²) < 4.78 is 5.05. The van der Waals surface area contributed by atoms with E-state index in [-0.39, 0.29) is 0 Å². The van der Waals surface area contributed by atoms with Crippen LogP contribution < -0.4 is 0 Å². The fraction of sp³-hybridized carbons (Fsp3) is 0.214. The average Bonchev–Trinajstić information content (AvgIpc) is 2.37. The Bertz CT molecular complexity index is 564. The van der Waals surface area contributed by atoms with Crippen molar-refractivity contribution in [2.75, 3.05) is 13.2 Å². The van der Waals surface area contributed by atoms with E-state index >= 15 is 0 Å². The second-order valence-corrected chi connectivity index (χ2v) is 4.86. The molecule has 0 saturated carbocycles. The van der Waals surface area contributed by atoms with Gasteiger partial charge in [0.05, 0.1) is 18.2 Å². The minimum atomic E-state index is -0.822. The number of pyridine rings is 1. The summed E-state index contributed by atoms with van der Waals surface area (Å²) in [4.78, 5) is 4.07. The molecule has 2 heterocycles. The van der Waals surface area contributed by atoms with E-state index < -0.39 is 5.60 Å². The van der Waals surface area contributed by atoms with Gasteiger partial charge in [-0.2, -0.15) is 0 Å². The highest BCUT2D eigenvalue weighted by Gasteiger charge is 2.37. The smallest absolute Gasteiger partial charge is 0.136 e. The summed E-state index contributed by atoms with van der Waals surface area (Å²) >= 11 is 6.12. The number of aliphatic hydroxyl groups is 1. The first-order valence-corrected chi connectivity index (χ1v) is 6.07. The zero-order valence-electron chi connectivity index (χ0n) is 9.64. The van der Waals surface area contributed by atoms with Crippen molar-refractivity contribution in [1.82, 2.24) is 4.98 Å². The van der Waals surface area contributed by atoms with Crippen LogP contribution in [-0.2, 0) is 10.3 Å². The van der Waals surface area contributed by atoms with Gasteiger partial charge in [0.2, 0.25) is 0 Å². The quantitative estimate of drug-likeness (QED) is 0.904. The molecule has 1 aromatic heterocycles. The molecule has 1 saturated heterocycles. The molecule has 1 aliphatic heterocycles. The van der Waals surface area contributed by atoms with Crippen LogP contribution in [0.3, 0.4) is 0 Å². The van der Waals surface area contributed by atoms with E-state index in [1.165, 1.54) is 0 Å². The van der Waals surface area contributed by atoms with E-state index in [2.05, 4.69) is 4.98 Å². The van der Waals surface area contributed by atoms with Crippen LogP contribution in [0.5, 0.6) is 0 Å². The van der Waals surface area contributed by atoms with Gasteiger partial charge >= 0.3 is 0 Å². The lowest BCUT2D eigenvalue weighted by Crippen LogP contribution is -2.46. The predicted octanol–water partition coefficient (Wildman–Crippen LogP) is 2.62. The first-order chi connectivity index (χ1) is 8.69. The van der Waals surface area contributed by atoms with E-state index in [4.69, 9.17) is 16.3 Å². The molecule has 0 bridgehead atoms. The minimum absolute atomic E-state index is 0.361. The SMILES string of the molecule is OC1(c2ccc(-c3cnccc3Cl)cc2)COC1. The molecule has 0 atom stereocenters. The van der Waals surface area contributed by atoms with E-state index in [0.717, 1.165) is 16.7 Å². The van der Waals surface area contributed by atoms with Gasteiger partial charge in [0.15, 0.2) is 0 Å². The normalized spacial score (nSPS) is 17.2. The van der Waals surface area contributed by atoms with E-state index in [0.29, 0.717) is 18.2 Å². The average molecular weight is 262 g/mol. The Balaban J connectivity index is 1.94. The summed E-state index contributed by atoms with van der Waals surface area (Å²) in [5, 5.41) is 10.8. The van der Waals surface area contributed by atoms with Crippen LogP contribution in [-0.4, -0.2) is 23.3 Å². The lowest BCUT2D eigenvalue weighted by Gasteiger charge is -2.36. The van der Waals surface area contributed by atoms with Crippen molar-refractivity contribution in [1.29, 1.82) is 0 Å². The Morgan fingerprint density at radius 2 is 1.89 bits per heavy atom. The van der Waals surface area contributed by atoms with Gasteiger partial charge in [-0.3, -0.25) is 4.98 Å². The molecular weight excluding hydrogens is 250 g/mol. The molecule has 1 fully saturated rings. The van der Waals surface area contributed by atoms with Crippen LogP contribution in [0.2, 0.25) is 5.02 Å². The molecule has 4 heteroatoms. The first kappa shape index (κ1) is 11.7. The van der Waals surface area contributed by atoms with Crippen molar-refractivity contribution < 1.29 is 9.84 Å². The topological polar surface area (TPSA) is 42.4 Å². The van der Waals surface area contributed by atoms with Crippen molar-refractivity contribution in [2.45, 2.75) is 5.60 Å². The molecule has 1 N–H and O–H groups in total. The van der Waals surface area contributed by atoms with Crippen molar-refractivity contribution in [2.24, 2.45) is 0 Å². The molecule has 2 aromatic rings. The molecule has 0 aliphatic carbocycles. The monoisotopic (exact) mass is 261 g/mol. The second kappa shape index (κ2) is 4.35. The summed E-state index contributed by atoms with van der Waals surface area (Å²) in [6, 6.07) is 9.45. The van der Waals surface area contributed by atoms with Gasteiger partial charge in [0, 0.05) is 18.0 Å². The van der Waals surface area contributed by atoms with Gasteiger partial charge in [-0.15, -0.1) is 0 Å². The van der Waals surface area contributed by atoms with Gasteiger partial charge in [-0.05, 0) is 17.2 Å². The van der Waals surface area contributed by atoms with Gasteiger partial charge in [0.25, 0.3) is 0 Å². The molecule has 1 aromatic carbocycles. The van der Waals surface area contributed by atoms with Crippen molar-refractivity contribution in [3.05, 3.63) is 53.3 Å². The molecule has 3 rings (SSSR count). The third kappa shape index (κ3) is 1.90. The second-order valence-electron chi connectivity index (χ2n) is 4.46. The Kier molecular flexibility index (Phi) is 2.82. The van der Waals surface area contributed by atoms with Crippen LogP contribution in [0.1, 0.15) is 5.56 Å². The van der Waals surface area contributed by atoms with Gasteiger partial charge in [-0.25, -0.2) is 0 Å². The minimum Gasteiger partial charge on any atom is -0.380 e. The van der Waals surface area contributed by atoms with Crippen LogP contribution in [0.15, 0.2) is 42.7 Å². The molecule has 0 spiro atoms. The number of nitrogens with zero attached hydrogens (tertiary/aromatic N) is 1. The van der Waals surface area contributed by atoms with Crippen LogP contribution in [0.4, 0.5) is 0 Å². The number of aromatic nitrogens is 1. The van der Waals surface area contributed by atoms with E-state index in [1.54, 1.807) is 18.5 Å². The Hall–Kier alpha value is -1.42. The molecule has 18 heavy (non-hydrogen) atoms. The molecule has 92 valence electrons. The van der Waals surface area contributed by atoms with E-state index in [9.17, 15) is 5.11 Å². The molecule has 0 amide bonds. The summed E-state index contributed by atoms with van der Waals surface area (Å²) in [6.45, 7) is 0.722. The number of hydrogen-bond acceptors (Lipinski definition) is 3. The van der Waals surface area contributed by atoms with Crippen molar-refractivity contribution >= 4 is 11.6 Å². The molecule has 0 unspecified atom stereocenters. The number of benzene rings is 1. The predicted molar refractivity (Wildman–Crippen MR) is 69.4 cm³/mol. The fourth-order valence-corrected chi connectivity index (χ4v) is 2.23. The maximum atomic E-state index is 10.1. The summed E-state index contributed by atoms with van der Waals surface area (Å²) in [5.74, 6) is 0. The van der Waals surface area contributed by atoms with Gasteiger partial charge < -0.3 is 9.84 Å². The summed E-state index contributed by atoms with van der Waals surface area (Å²) in [7, 11) is 0. The summed E-state index contributed by atoms with van der Waals surface area (Å²) in [6.07, 6.45) is 3.40. The first-order valence-electron chi connectivity index (χ1n) is 5.70. The van der Waals surface area contributed by atoms with Crippen LogP contribution in [0.25, 0.3) is 11.1 Å². The molecule has 0 radical (unpaired) electrons. The fourth-order valence-electron chi connectivity index (χ4n) is 2.01. The number of rotatable bonds is 2. The Morgan fingerprint density at radius 3 is 2.44 bits per heavy atom. The van der Waals surface area contributed by atoms with Crippen LogP contribution >= 0.6 is 11.6 Å². The lowest BCUT2D eigenvalue weighted by molar-refractivity contribution is -0.184. The van der Waals surface area contributed by atoms with E-state index in [1.807, 2.05) is 24.3 Å². The van der Waals surface area contributed by atoms with Gasteiger partial charge in [-0.1, -0.05) is 35.9 Å². The highest BCUT2D eigenvalue weighted by molar-refractivity contribution is 6.33. The maximum Gasteiger partial charge on any atom is 0.136 e. The standard InChI is InChI=1S/C14H12ClNO2/c15-13-5-6-16-7-12(13)10-1-3-11(4-2-10)14(17)8-18-9-14/h1-7,17H,8-9H2. The number of ether oxygens (including phenoxy) is 1. The number of hydrogen-bond donors (Lipinski definition) is 1. The van der Waals surface area contributed by atoms with Gasteiger partial charge in [0.1, 0.15) is 5.60 Å². The Morgan fingerprint density at radius 1 is 1.17 bits per heavy atom. The third-order valence-electron chi connectivity index (χ3n) is 3.18. The highest BCUT2D eigenvalue weighted by atomic mass is 35.5. The Labute approximate surface area is 110 Å². The zero-order valence-corrected chi connectivity index (χ0v) is 10.4.